The zero-order valence-corrected chi connectivity index (χ0v) is 33.2. The van der Waals surface area contributed by atoms with Crippen LogP contribution >= 0.6 is 0 Å². The molecule has 0 saturated heterocycles. The molecular weight excluding hydrogens is 711 g/mol. The number of anilines is 3. The van der Waals surface area contributed by atoms with Crippen LogP contribution in [0.3, 0.4) is 0 Å². The minimum Gasteiger partial charge on any atom is -0.309 e. The highest BCUT2D eigenvalue weighted by Gasteiger charge is 2.52. The third-order valence-electron chi connectivity index (χ3n) is 13.5. The van der Waals surface area contributed by atoms with Gasteiger partial charge in [0.25, 0.3) is 0 Å². The Morgan fingerprint density at radius 2 is 0.678 bits per heavy atom. The summed E-state index contributed by atoms with van der Waals surface area (Å²) in [7, 11) is 0. The number of hydrogen-bond acceptors (Lipinski definition) is 1. The predicted molar refractivity (Wildman–Crippen MR) is 246 cm³/mol. The zero-order valence-electron chi connectivity index (χ0n) is 33.2. The number of benzene rings is 9. The van der Waals surface area contributed by atoms with Crippen molar-refractivity contribution in [3.63, 3.8) is 0 Å². The van der Waals surface area contributed by atoms with E-state index in [0.717, 1.165) is 5.69 Å². The maximum Gasteiger partial charge on any atom is 0.0726 e. The Hall–Kier alpha value is -7.22. The van der Waals surface area contributed by atoms with Crippen LogP contribution < -0.4 is 4.90 Å². The van der Waals surface area contributed by atoms with Crippen molar-refractivity contribution in [3.8, 4) is 55.6 Å². The smallest absolute Gasteiger partial charge is 0.0726 e. The molecule has 0 amide bonds. The van der Waals surface area contributed by atoms with Gasteiger partial charge in [-0.25, -0.2) is 0 Å². The van der Waals surface area contributed by atoms with Crippen molar-refractivity contribution in [2.75, 3.05) is 4.90 Å². The van der Waals surface area contributed by atoms with Crippen LogP contribution in [0.5, 0.6) is 0 Å². The van der Waals surface area contributed by atoms with Gasteiger partial charge in [-0.1, -0.05) is 202 Å². The Bertz CT molecular complexity index is 3090. The first-order valence-corrected chi connectivity index (χ1v) is 20.8. The molecule has 0 aromatic heterocycles. The van der Waals surface area contributed by atoms with Crippen LogP contribution in [0.15, 0.2) is 212 Å². The van der Waals surface area contributed by atoms with Gasteiger partial charge in [-0.15, -0.1) is 0 Å². The highest BCUT2D eigenvalue weighted by atomic mass is 15.1. The maximum absolute atomic E-state index is 2.56. The summed E-state index contributed by atoms with van der Waals surface area (Å²) in [6.45, 7) is 4.75. The first kappa shape index (κ1) is 33.9. The van der Waals surface area contributed by atoms with Crippen LogP contribution in [0.25, 0.3) is 55.6 Å². The van der Waals surface area contributed by atoms with E-state index in [4.69, 9.17) is 0 Å². The molecule has 1 heteroatoms. The minimum absolute atomic E-state index is 0.134. The van der Waals surface area contributed by atoms with Crippen molar-refractivity contribution in [2.24, 2.45) is 0 Å². The van der Waals surface area contributed by atoms with Crippen molar-refractivity contribution in [1.82, 2.24) is 0 Å². The van der Waals surface area contributed by atoms with Gasteiger partial charge >= 0.3 is 0 Å². The van der Waals surface area contributed by atoms with Crippen molar-refractivity contribution in [3.05, 3.63) is 246 Å². The SMILES string of the molecule is CC1(C)c2ccccc2-c2c(N(c3ccc(-c4ccccc4-c4ccccc4)cc3)c3cccc4c3-c3ccccc3C43c4ccccc4-c4ccccc43)cccc21. The molecule has 1 nitrogen and oxygen atoms in total. The molecule has 1 spiro atoms. The van der Waals surface area contributed by atoms with E-state index in [9.17, 15) is 0 Å². The lowest BCUT2D eigenvalue weighted by atomic mass is 9.70. The van der Waals surface area contributed by atoms with Gasteiger partial charge in [0, 0.05) is 22.2 Å². The molecule has 0 unspecified atom stereocenters. The molecule has 278 valence electrons. The Morgan fingerprint density at radius 1 is 0.288 bits per heavy atom. The summed E-state index contributed by atoms with van der Waals surface area (Å²) in [6, 6.07) is 79.1. The molecule has 9 aromatic rings. The van der Waals surface area contributed by atoms with E-state index in [1.807, 2.05) is 0 Å². The fourth-order valence-electron chi connectivity index (χ4n) is 11.0. The van der Waals surface area contributed by atoms with E-state index in [1.54, 1.807) is 0 Å². The fraction of sp³-hybridized carbons (Fsp3) is 0.0690. The summed E-state index contributed by atoms with van der Waals surface area (Å²) in [6.07, 6.45) is 0. The van der Waals surface area contributed by atoms with Crippen molar-refractivity contribution < 1.29 is 0 Å². The lowest BCUT2D eigenvalue weighted by Crippen LogP contribution is -2.26. The van der Waals surface area contributed by atoms with Gasteiger partial charge in [0.15, 0.2) is 0 Å². The molecule has 3 aliphatic carbocycles. The average molecular weight is 752 g/mol. The van der Waals surface area contributed by atoms with E-state index >= 15 is 0 Å². The third-order valence-corrected chi connectivity index (χ3v) is 13.5. The van der Waals surface area contributed by atoms with E-state index in [-0.39, 0.29) is 5.41 Å². The summed E-state index contributed by atoms with van der Waals surface area (Å²) >= 11 is 0. The van der Waals surface area contributed by atoms with Gasteiger partial charge in [-0.3, -0.25) is 0 Å². The topological polar surface area (TPSA) is 3.24 Å². The Kier molecular flexibility index (Phi) is 7.26. The quantitative estimate of drug-likeness (QED) is 0.169. The number of hydrogen-bond donors (Lipinski definition) is 0. The third kappa shape index (κ3) is 4.62. The van der Waals surface area contributed by atoms with Gasteiger partial charge in [0.05, 0.1) is 16.8 Å². The molecule has 12 rings (SSSR count). The molecule has 0 saturated carbocycles. The molecule has 0 N–H and O–H groups in total. The molecule has 9 aromatic carbocycles. The lowest BCUT2D eigenvalue weighted by Gasteiger charge is -2.32. The van der Waals surface area contributed by atoms with E-state index in [0.29, 0.717) is 0 Å². The molecule has 0 bridgehead atoms. The second kappa shape index (κ2) is 12.6. The van der Waals surface area contributed by atoms with Crippen molar-refractivity contribution in [1.29, 1.82) is 0 Å². The second-order valence-corrected chi connectivity index (χ2v) is 16.8. The monoisotopic (exact) mass is 751 g/mol. The maximum atomic E-state index is 2.56. The average Bonchev–Trinajstić information content (AvgIpc) is 3.86. The predicted octanol–water partition coefficient (Wildman–Crippen LogP) is 15.1. The number of fused-ring (bicyclic) bond motifs is 13. The number of nitrogens with zero attached hydrogens (tertiary/aromatic N) is 1. The minimum atomic E-state index is -0.432. The van der Waals surface area contributed by atoms with E-state index in [1.165, 1.54) is 100 Å². The van der Waals surface area contributed by atoms with Gasteiger partial charge in [0.1, 0.15) is 0 Å². The Morgan fingerprint density at radius 3 is 1.25 bits per heavy atom. The first-order chi connectivity index (χ1) is 29.1. The summed E-state index contributed by atoms with van der Waals surface area (Å²) in [5.41, 5.74) is 23.8. The number of rotatable bonds is 5. The molecule has 0 radical (unpaired) electrons. The van der Waals surface area contributed by atoms with Gasteiger partial charge < -0.3 is 4.90 Å². The van der Waals surface area contributed by atoms with Crippen LogP contribution in [0.4, 0.5) is 17.1 Å². The van der Waals surface area contributed by atoms with Crippen LogP contribution in [0.1, 0.15) is 47.2 Å². The van der Waals surface area contributed by atoms with Gasteiger partial charge in [-0.05, 0) is 102 Å². The van der Waals surface area contributed by atoms with E-state index < -0.39 is 5.41 Å². The highest BCUT2D eigenvalue weighted by molar-refractivity contribution is 6.03. The fourth-order valence-corrected chi connectivity index (χ4v) is 11.0. The highest BCUT2D eigenvalue weighted by Crippen LogP contribution is 2.65. The van der Waals surface area contributed by atoms with Gasteiger partial charge in [-0.2, -0.15) is 0 Å². The summed E-state index contributed by atoms with van der Waals surface area (Å²) in [5, 5.41) is 0. The second-order valence-electron chi connectivity index (χ2n) is 16.8. The van der Waals surface area contributed by atoms with Crippen LogP contribution in [-0.4, -0.2) is 0 Å². The molecular formula is C58H41N. The molecule has 0 atom stereocenters. The summed E-state index contributed by atoms with van der Waals surface area (Å²) < 4.78 is 0. The van der Waals surface area contributed by atoms with E-state index in [2.05, 4.69) is 231 Å². The molecule has 3 aliphatic rings. The van der Waals surface area contributed by atoms with Gasteiger partial charge in [0.2, 0.25) is 0 Å². The standard InChI is InChI=1S/C58H41N/c1-57(2)47-26-12-10-24-45(47)55-51(57)30-16-32-53(55)59(40-36-34-39(35-37-40)42-21-7-6-20-41(42)38-18-4-3-5-19-38)54-33-17-31-52-56(54)46-25-11-15-29-50(46)58(52)48-27-13-8-22-43(48)44-23-9-14-28-49(44)58/h3-37H,1-2H3. The zero-order chi connectivity index (χ0) is 39.3. The van der Waals surface area contributed by atoms with Crippen LogP contribution in [-0.2, 0) is 10.8 Å². The normalized spacial score (nSPS) is 14.2. The summed E-state index contributed by atoms with van der Waals surface area (Å²) in [4.78, 5) is 2.56. The van der Waals surface area contributed by atoms with Crippen LogP contribution in [0.2, 0.25) is 0 Å². The molecule has 0 heterocycles. The van der Waals surface area contributed by atoms with Crippen LogP contribution in [0, 0.1) is 0 Å². The first-order valence-electron chi connectivity index (χ1n) is 20.8. The molecule has 59 heavy (non-hydrogen) atoms. The molecule has 0 aliphatic heterocycles. The molecule has 0 fully saturated rings. The summed E-state index contributed by atoms with van der Waals surface area (Å²) in [5.74, 6) is 0. The Labute approximate surface area is 346 Å². The Balaban J connectivity index is 1.13. The van der Waals surface area contributed by atoms with Crippen molar-refractivity contribution >= 4 is 17.1 Å². The van der Waals surface area contributed by atoms with Crippen molar-refractivity contribution in [2.45, 2.75) is 24.7 Å². The largest absolute Gasteiger partial charge is 0.309 e. The lowest BCUT2D eigenvalue weighted by molar-refractivity contribution is 0.660.